The molecule has 0 aliphatic carbocycles. The van der Waals surface area contributed by atoms with Crippen molar-refractivity contribution in [2.75, 3.05) is 13.2 Å². The maximum atomic E-state index is 12.0. The van der Waals surface area contributed by atoms with E-state index in [9.17, 15) is 13.2 Å². The quantitative estimate of drug-likeness (QED) is 0.929. The van der Waals surface area contributed by atoms with Gasteiger partial charge in [0.1, 0.15) is 6.61 Å². The molecule has 1 aromatic carbocycles. The molecule has 1 aromatic heterocycles. The Balaban J connectivity index is 2.11. The summed E-state index contributed by atoms with van der Waals surface area (Å²) in [5, 5.41) is 1.77. The summed E-state index contributed by atoms with van der Waals surface area (Å²) in [5.41, 5.74) is 6.60. The molecule has 0 aliphatic rings. The predicted molar refractivity (Wildman–Crippen MR) is 65.5 cm³/mol. The van der Waals surface area contributed by atoms with Gasteiger partial charge in [-0.3, -0.25) is 4.98 Å². The van der Waals surface area contributed by atoms with E-state index in [1.165, 1.54) is 0 Å². The third kappa shape index (κ3) is 3.65. The van der Waals surface area contributed by atoms with Gasteiger partial charge in [-0.05, 0) is 17.0 Å². The van der Waals surface area contributed by atoms with Crippen molar-refractivity contribution in [2.24, 2.45) is 5.73 Å². The molecule has 2 rings (SSSR count). The summed E-state index contributed by atoms with van der Waals surface area (Å²) in [4.78, 5) is 4.00. The minimum absolute atomic E-state index is 0.187. The largest absolute Gasteiger partial charge is 0.411 e. The number of halogens is 3. The molecule has 2 N–H and O–H groups in total. The first-order valence-electron chi connectivity index (χ1n) is 5.70. The third-order valence-corrected chi connectivity index (χ3v) is 2.68. The molecule has 0 saturated carbocycles. The number of hydrogen-bond acceptors (Lipinski definition) is 3. The van der Waals surface area contributed by atoms with E-state index in [1.807, 2.05) is 12.1 Å². The Morgan fingerprint density at radius 3 is 2.79 bits per heavy atom. The molecule has 0 aliphatic heterocycles. The Morgan fingerprint density at radius 2 is 2.05 bits per heavy atom. The van der Waals surface area contributed by atoms with Crippen LogP contribution in [0.3, 0.4) is 0 Å². The van der Waals surface area contributed by atoms with Crippen molar-refractivity contribution < 1.29 is 17.9 Å². The summed E-state index contributed by atoms with van der Waals surface area (Å²) < 4.78 is 40.5. The number of rotatable bonds is 4. The van der Waals surface area contributed by atoms with Crippen LogP contribution in [0.4, 0.5) is 13.2 Å². The second-order valence-electron chi connectivity index (χ2n) is 4.18. The Kier molecular flexibility index (Phi) is 4.01. The first-order chi connectivity index (χ1) is 8.97. The summed E-state index contributed by atoms with van der Waals surface area (Å²) >= 11 is 0. The van der Waals surface area contributed by atoms with Crippen molar-refractivity contribution in [3.05, 3.63) is 42.2 Å². The van der Waals surface area contributed by atoms with E-state index < -0.39 is 18.8 Å². The van der Waals surface area contributed by atoms with Crippen LogP contribution < -0.4 is 5.73 Å². The minimum atomic E-state index is -4.33. The fourth-order valence-corrected chi connectivity index (χ4v) is 1.85. The SMILES string of the molecule is NC(COCC(F)(F)F)c1cccc2ccncc12. The lowest BCUT2D eigenvalue weighted by Crippen LogP contribution is -2.23. The molecule has 1 unspecified atom stereocenters. The second kappa shape index (κ2) is 5.54. The smallest absolute Gasteiger partial charge is 0.370 e. The van der Waals surface area contributed by atoms with E-state index in [1.54, 1.807) is 24.5 Å². The van der Waals surface area contributed by atoms with Crippen LogP contribution >= 0.6 is 0 Å². The van der Waals surface area contributed by atoms with Crippen LogP contribution in [0, 0.1) is 0 Å². The van der Waals surface area contributed by atoms with Crippen LogP contribution in [0.15, 0.2) is 36.7 Å². The van der Waals surface area contributed by atoms with E-state index in [0.717, 1.165) is 16.3 Å². The number of hydrogen-bond donors (Lipinski definition) is 1. The lowest BCUT2D eigenvalue weighted by molar-refractivity contribution is -0.174. The normalized spacial score (nSPS) is 13.7. The van der Waals surface area contributed by atoms with E-state index in [4.69, 9.17) is 5.73 Å². The second-order valence-corrected chi connectivity index (χ2v) is 4.18. The van der Waals surface area contributed by atoms with Crippen LogP contribution in [-0.2, 0) is 4.74 Å². The predicted octanol–water partition coefficient (Wildman–Crippen LogP) is 2.81. The van der Waals surface area contributed by atoms with Crippen molar-refractivity contribution in [1.82, 2.24) is 4.98 Å². The third-order valence-electron chi connectivity index (χ3n) is 2.68. The summed E-state index contributed by atoms with van der Waals surface area (Å²) in [6, 6.07) is 6.68. The van der Waals surface area contributed by atoms with E-state index >= 15 is 0 Å². The number of benzene rings is 1. The summed E-state index contributed by atoms with van der Waals surface area (Å²) in [5.74, 6) is 0. The summed E-state index contributed by atoms with van der Waals surface area (Å²) in [6.07, 6.45) is -1.04. The highest BCUT2D eigenvalue weighted by molar-refractivity contribution is 5.85. The lowest BCUT2D eigenvalue weighted by Gasteiger charge is -2.15. The topological polar surface area (TPSA) is 48.1 Å². The zero-order valence-corrected chi connectivity index (χ0v) is 10.0. The van der Waals surface area contributed by atoms with Gasteiger partial charge in [0.05, 0.1) is 12.6 Å². The van der Waals surface area contributed by atoms with E-state index in [2.05, 4.69) is 9.72 Å². The number of nitrogens with zero attached hydrogens (tertiary/aromatic N) is 1. The molecule has 3 nitrogen and oxygen atoms in total. The van der Waals surface area contributed by atoms with E-state index in [0.29, 0.717) is 0 Å². The number of fused-ring (bicyclic) bond motifs is 1. The van der Waals surface area contributed by atoms with Crippen molar-refractivity contribution in [2.45, 2.75) is 12.2 Å². The van der Waals surface area contributed by atoms with Crippen molar-refractivity contribution in [1.29, 1.82) is 0 Å². The van der Waals surface area contributed by atoms with Gasteiger partial charge in [-0.15, -0.1) is 0 Å². The highest BCUT2D eigenvalue weighted by atomic mass is 19.4. The van der Waals surface area contributed by atoms with Crippen LogP contribution in [-0.4, -0.2) is 24.4 Å². The minimum Gasteiger partial charge on any atom is -0.370 e. The number of alkyl halides is 3. The molecule has 19 heavy (non-hydrogen) atoms. The van der Waals surface area contributed by atoms with Gasteiger partial charge in [-0.2, -0.15) is 13.2 Å². The average molecular weight is 270 g/mol. The monoisotopic (exact) mass is 270 g/mol. The Hall–Kier alpha value is -1.66. The maximum Gasteiger partial charge on any atom is 0.411 e. The molecule has 0 spiro atoms. The fraction of sp³-hybridized carbons (Fsp3) is 0.308. The number of ether oxygens (including phenoxy) is 1. The molecule has 102 valence electrons. The zero-order chi connectivity index (χ0) is 13.9. The Bertz CT molecular complexity index is 552. The van der Waals surface area contributed by atoms with Crippen molar-refractivity contribution >= 4 is 10.8 Å². The molecule has 0 bridgehead atoms. The van der Waals surface area contributed by atoms with Gasteiger partial charge in [-0.25, -0.2) is 0 Å². The van der Waals surface area contributed by atoms with Gasteiger partial charge in [-0.1, -0.05) is 18.2 Å². The maximum absolute atomic E-state index is 12.0. The van der Waals surface area contributed by atoms with Crippen molar-refractivity contribution in [3.63, 3.8) is 0 Å². The highest BCUT2D eigenvalue weighted by Gasteiger charge is 2.27. The molecule has 1 heterocycles. The van der Waals surface area contributed by atoms with Crippen LogP contribution in [0.1, 0.15) is 11.6 Å². The number of aromatic nitrogens is 1. The van der Waals surface area contributed by atoms with Crippen LogP contribution in [0.25, 0.3) is 10.8 Å². The van der Waals surface area contributed by atoms with Crippen LogP contribution in [0.2, 0.25) is 0 Å². The average Bonchev–Trinajstić information content (AvgIpc) is 2.36. The molecular weight excluding hydrogens is 257 g/mol. The van der Waals surface area contributed by atoms with Gasteiger partial charge < -0.3 is 10.5 Å². The molecule has 0 fully saturated rings. The number of nitrogens with two attached hydrogens (primary N) is 1. The standard InChI is InChI=1S/C13H13F3N2O/c14-13(15,16)8-19-7-12(17)10-3-1-2-9-4-5-18-6-11(9)10/h1-6,12H,7-8,17H2. The molecular formula is C13H13F3N2O. The Morgan fingerprint density at radius 1 is 1.26 bits per heavy atom. The zero-order valence-electron chi connectivity index (χ0n) is 10.0. The van der Waals surface area contributed by atoms with Gasteiger partial charge in [0.25, 0.3) is 0 Å². The molecule has 0 amide bonds. The highest BCUT2D eigenvalue weighted by Crippen LogP contribution is 2.23. The molecule has 2 aromatic rings. The number of pyridine rings is 1. The van der Waals surface area contributed by atoms with Crippen LogP contribution in [0.5, 0.6) is 0 Å². The fourth-order valence-electron chi connectivity index (χ4n) is 1.85. The van der Waals surface area contributed by atoms with Gasteiger partial charge in [0, 0.05) is 17.8 Å². The first kappa shape index (κ1) is 13.8. The molecule has 6 heteroatoms. The molecule has 0 saturated heterocycles. The summed E-state index contributed by atoms with van der Waals surface area (Å²) in [7, 11) is 0. The molecule has 0 radical (unpaired) electrons. The van der Waals surface area contributed by atoms with E-state index in [-0.39, 0.29) is 6.61 Å². The molecule has 1 atom stereocenters. The van der Waals surface area contributed by atoms with Gasteiger partial charge in [0.2, 0.25) is 0 Å². The first-order valence-corrected chi connectivity index (χ1v) is 5.70. The Labute approximate surface area is 108 Å². The summed E-state index contributed by atoms with van der Waals surface area (Å²) in [6.45, 7) is -1.47. The van der Waals surface area contributed by atoms with Gasteiger partial charge in [0.15, 0.2) is 0 Å². The lowest BCUT2D eigenvalue weighted by atomic mass is 10.0. The van der Waals surface area contributed by atoms with Gasteiger partial charge >= 0.3 is 6.18 Å². The van der Waals surface area contributed by atoms with Crippen molar-refractivity contribution in [3.8, 4) is 0 Å².